The summed E-state index contributed by atoms with van der Waals surface area (Å²) in [6.07, 6.45) is 0.852. The van der Waals surface area contributed by atoms with Gasteiger partial charge in [0.2, 0.25) is 5.91 Å². The summed E-state index contributed by atoms with van der Waals surface area (Å²) < 4.78 is 0. The lowest BCUT2D eigenvalue weighted by Crippen LogP contribution is -2.32. The van der Waals surface area contributed by atoms with Gasteiger partial charge >= 0.3 is 0 Å². The molecule has 0 aliphatic carbocycles. The largest absolute Gasteiger partial charge is 0.355 e. The molecule has 0 fully saturated rings. The predicted octanol–water partition coefficient (Wildman–Crippen LogP) is 4.18. The number of hydrogen-bond acceptors (Lipinski definition) is 2. The Labute approximate surface area is 134 Å². The summed E-state index contributed by atoms with van der Waals surface area (Å²) in [6.45, 7) is 2.57. The molecule has 1 N–H and O–H groups in total. The minimum absolute atomic E-state index is 0.0610. The van der Waals surface area contributed by atoms with Gasteiger partial charge in [0.25, 0.3) is 0 Å². The molecule has 2 rings (SSSR count). The van der Waals surface area contributed by atoms with Gasteiger partial charge in [0.1, 0.15) is 0 Å². The fourth-order valence-corrected chi connectivity index (χ4v) is 2.91. The monoisotopic (exact) mass is 319 g/mol. The van der Waals surface area contributed by atoms with Gasteiger partial charge in [-0.05, 0) is 43.2 Å². The first kappa shape index (κ1) is 15.9. The summed E-state index contributed by atoms with van der Waals surface area (Å²) >= 11 is 7.38. The summed E-state index contributed by atoms with van der Waals surface area (Å²) in [4.78, 5) is 13.1. The first-order valence-corrected chi connectivity index (χ1v) is 8.15. The molecule has 110 valence electrons. The van der Waals surface area contributed by atoms with Crippen molar-refractivity contribution in [3.63, 3.8) is 0 Å². The molecule has 2 aromatic carbocycles. The van der Waals surface area contributed by atoms with E-state index in [4.69, 9.17) is 11.6 Å². The van der Waals surface area contributed by atoms with E-state index in [-0.39, 0.29) is 11.2 Å². The van der Waals surface area contributed by atoms with Crippen LogP contribution in [0.4, 0.5) is 0 Å². The van der Waals surface area contributed by atoms with E-state index >= 15 is 0 Å². The minimum atomic E-state index is -0.123. The Morgan fingerprint density at radius 1 is 1.14 bits per heavy atom. The summed E-state index contributed by atoms with van der Waals surface area (Å²) in [7, 11) is 0. The SMILES string of the molecule is C[C@@H](Sc1ccc(Cl)cc1)C(=O)NCCc1ccccc1. The van der Waals surface area contributed by atoms with Crippen LogP contribution in [0.2, 0.25) is 5.02 Å². The van der Waals surface area contributed by atoms with Crippen molar-refractivity contribution < 1.29 is 4.79 Å². The maximum absolute atomic E-state index is 12.0. The van der Waals surface area contributed by atoms with Crippen molar-refractivity contribution in [3.05, 3.63) is 65.2 Å². The molecule has 1 atom stereocenters. The van der Waals surface area contributed by atoms with Gasteiger partial charge in [0, 0.05) is 16.5 Å². The number of amides is 1. The second-order valence-electron chi connectivity index (χ2n) is 4.74. The molecule has 0 aromatic heterocycles. The third-order valence-electron chi connectivity index (χ3n) is 3.05. The van der Waals surface area contributed by atoms with E-state index < -0.39 is 0 Å². The van der Waals surface area contributed by atoms with Gasteiger partial charge in [0.15, 0.2) is 0 Å². The number of carbonyl (C=O) groups excluding carboxylic acids is 1. The topological polar surface area (TPSA) is 29.1 Å². The van der Waals surface area contributed by atoms with Gasteiger partial charge in [-0.15, -0.1) is 11.8 Å². The van der Waals surface area contributed by atoms with Gasteiger partial charge in [-0.25, -0.2) is 0 Å². The summed E-state index contributed by atoms with van der Waals surface area (Å²) in [6, 6.07) is 17.7. The van der Waals surface area contributed by atoms with Gasteiger partial charge in [-0.1, -0.05) is 41.9 Å². The van der Waals surface area contributed by atoms with Crippen molar-refractivity contribution in [2.75, 3.05) is 6.54 Å². The van der Waals surface area contributed by atoms with Crippen LogP contribution < -0.4 is 5.32 Å². The normalized spacial score (nSPS) is 11.9. The zero-order valence-corrected chi connectivity index (χ0v) is 13.5. The van der Waals surface area contributed by atoms with Crippen LogP contribution in [0, 0.1) is 0 Å². The van der Waals surface area contributed by atoms with Crippen LogP contribution in [0.5, 0.6) is 0 Å². The molecule has 0 saturated carbocycles. The van der Waals surface area contributed by atoms with E-state index in [2.05, 4.69) is 17.4 Å². The fourth-order valence-electron chi connectivity index (χ4n) is 1.89. The van der Waals surface area contributed by atoms with E-state index in [1.54, 1.807) is 0 Å². The Morgan fingerprint density at radius 3 is 2.48 bits per heavy atom. The molecular weight excluding hydrogens is 302 g/mol. The highest BCUT2D eigenvalue weighted by atomic mass is 35.5. The van der Waals surface area contributed by atoms with Crippen LogP contribution in [-0.4, -0.2) is 17.7 Å². The van der Waals surface area contributed by atoms with Crippen molar-refractivity contribution in [2.45, 2.75) is 23.5 Å². The highest BCUT2D eigenvalue weighted by molar-refractivity contribution is 8.00. The maximum Gasteiger partial charge on any atom is 0.233 e. The molecule has 21 heavy (non-hydrogen) atoms. The van der Waals surface area contributed by atoms with E-state index in [9.17, 15) is 4.79 Å². The molecule has 0 saturated heterocycles. The Kier molecular flexibility index (Phi) is 6.15. The predicted molar refractivity (Wildman–Crippen MR) is 89.9 cm³/mol. The number of thioether (sulfide) groups is 1. The molecule has 0 unspecified atom stereocenters. The van der Waals surface area contributed by atoms with Gasteiger partial charge in [-0.3, -0.25) is 4.79 Å². The first-order valence-electron chi connectivity index (χ1n) is 6.89. The molecule has 0 bridgehead atoms. The lowest BCUT2D eigenvalue weighted by molar-refractivity contribution is -0.120. The van der Waals surface area contributed by atoms with Crippen molar-refractivity contribution in [3.8, 4) is 0 Å². The highest BCUT2D eigenvalue weighted by Crippen LogP contribution is 2.24. The van der Waals surface area contributed by atoms with Crippen molar-refractivity contribution >= 4 is 29.3 Å². The Balaban J connectivity index is 1.76. The lowest BCUT2D eigenvalue weighted by atomic mass is 10.1. The maximum atomic E-state index is 12.0. The van der Waals surface area contributed by atoms with Crippen molar-refractivity contribution in [1.29, 1.82) is 0 Å². The molecular formula is C17H18ClNOS. The number of benzene rings is 2. The van der Waals surface area contributed by atoms with E-state index in [0.717, 1.165) is 11.3 Å². The Morgan fingerprint density at radius 2 is 1.81 bits per heavy atom. The zero-order chi connectivity index (χ0) is 15.1. The lowest BCUT2D eigenvalue weighted by Gasteiger charge is -2.12. The molecule has 0 aliphatic rings. The smallest absolute Gasteiger partial charge is 0.233 e. The van der Waals surface area contributed by atoms with E-state index in [1.807, 2.05) is 49.4 Å². The Hall–Kier alpha value is -1.45. The summed E-state index contributed by atoms with van der Waals surface area (Å²) in [5, 5.41) is 3.56. The number of nitrogens with one attached hydrogen (secondary N) is 1. The zero-order valence-electron chi connectivity index (χ0n) is 11.9. The molecule has 0 spiro atoms. The number of carbonyl (C=O) groups is 1. The molecule has 0 radical (unpaired) electrons. The molecule has 4 heteroatoms. The molecule has 2 aromatic rings. The average molecular weight is 320 g/mol. The van der Waals surface area contributed by atoms with Crippen molar-refractivity contribution in [1.82, 2.24) is 5.32 Å². The number of halogens is 1. The standard InChI is InChI=1S/C17H18ClNOS/c1-13(21-16-9-7-15(18)8-10-16)17(20)19-12-11-14-5-3-2-4-6-14/h2-10,13H,11-12H2,1H3,(H,19,20)/t13-/m1/s1. The summed E-state index contributed by atoms with van der Waals surface area (Å²) in [5.74, 6) is 0.0610. The third-order valence-corrected chi connectivity index (χ3v) is 4.42. The van der Waals surface area contributed by atoms with Crippen LogP contribution in [0.25, 0.3) is 0 Å². The van der Waals surface area contributed by atoms with Crippen LogP contribution in [-0.2, 0) is 11.2 Å². The van der Waals surface area contributed by atoms with Gasteiger partial charge in [-0.2, -0.15) is 0 Å². The fraction of sp³-hybridized carbons (Fsp3) is 0.235. The highest BCUT2D eigenvalue weighted by Gasteiger charge is 2.13. The molecule has 2 nitrogen and oxygen atoms in total. The summed E-state index contributed by atoms with van der Waals surface area (Å²) in [5.41, 5.74) is 1.23. The Bertz CT molecular complexity index is 571. The molecule has 0 heterocycles. The van der Waals surface area contributed by atoms with Gasteiger partial charge < -0.3 is 5.32 Å². The van der Waals surface area contributed by atoms with Crippen LogP contribution >= 0.6 is 23.4 Å². The average Bonchev–Trinajstić information content (AvgIpc) is 2.50. The van der Waals surface area contributed by atoms with Gasteiger partial charge in [0.05, 0.1) is 5.25 Å². The molecule has 1 amide bonds. The van der Waals surface area contributed by atoms with Crippen molar-refractivity contribution in [2.24, 2.45) is 0 Å². The van der Waals surface area contributed by atoms with E-state index in [0.29, 0.717) is 11.6 Å². The number of rotatable bonds is 6. The van der Waals surface area contributed by atoms with Crippen LogP contribution in [0.1, 0.15) is 12.5 Å². The second kappa shape index (κ2) is 8.11. The minimum Gasteiger partial charge on any atom is -0.355 e. The number of hydrogen-bond donors (Lipinski definition) is 1. The second-order valence-corrected chi connectivity index (χ2v) is 6.59. The first-order chi connectivity index (χ1) is 10.1. The third kappa shape index (κ3) is 5.44. The van der Waals surface area contributed by atoms with E-state index in [1.165, 1.54) is 17.3 Å². The quantitative estimate of drug-likeness (QED) is 0.809. The van der Waals surface area contributed by atoms with Crippen LogP contribution in [0.15, 0.2) is 59.5 Å². The van der Waals surface area contributed by atoms with Crippen LogP contribution in [0.3, 0.4) is 0 Å². The molecule has 0 aliphatic heterocycles.